The molecule has 2 heterocycles. The van der Waals surface area contributed by atoms with Crippen LogP contribution in [0.15, 0.2) is 36.5 Å². The van der Waals surface area contributed by atoms with Gasteiger partial charge in [0.2, 0.25) is 0 Å². The largest absolute Gasteiger partial charge is 0.306 e. The highest BCUT2D eigenvalue weighted by atomic mass is 35.5. The van der Waals surface area contributed by atoms with Gasteiger partial charge in [0, 0.05) is 11.9 Å². The number of rotatable bonds is 2. The summed E-state index contributed by atoms with van der Waals surface area (Å²) < 4.78 is 0. The molecule has 0 unspecified atom stereocenters. The first-order valence-corrected chi connectivity index (χ1v) is 5.39. The van der Waals surface area contributed by atoms with Crippen molar-refractivity contribution in [3.63, 3.8) is 0 Å². The molecule has 0 spiro atoms. The van der Waals surface area contributed by atoms with Crippen molar-refractivity contribution in [3.8, 4) is 0 Å². The number of nitrogens with one attached hydrogen (secondary N) is 1. The van der Waals surface area contributed by atoms with Crippen molar-refractivity contribution >= 4 is 23.3 Å². The number of hydrogen-bond acceptors (Lipinski definition) is 3. The average Bonchev–Trinajstić information content (AvgIpc) is 2.29. The third kappa shape index (κ3) is 3.01. The van der Waals surface area contributed by atoms with Gasteiger partial charge in [-0.2, -0.15) is 0 Å². The predicted octanol–water partition coefficient (Wildman–Crippen LogP) is 2.69. The Balaban J connectivity index is 2.14. The SMILES string of the molecule is Cc1ccc(C(=O)Nc2cccc(Cl)n2)cn1. The highest BCUT2D eigenvalue weighted by Gasteiger charge is 2.06. The van der Waals surface area contributed by atoms with Crippen LogP contribution in [0.4, 0.5) is 5.82 Å². The molecule has 0 fully saturated rings. The van der Waals surface area contributed by atoms with Gasteiger partial charge in [0.1, 0.15) is 11.0 Å². The van der Waals surface area contributed by atoms with E-state index >= 15 is 0 Å². The molecule has 2 aromatic rings. The zero-order valence-electron chi connectivity index (χ0n) is 9.14. The summed E-state index contributed by atoms with van der Waals surface area (Å²) in [6, 6.07) is 8.52. The first-order valence-electron chi connectivity index (χ1n) is 5.02. The van der Waals surface area contributed by atoms with Crippen LogP contribution >= 0.6 is 11.6 Å². The van der Waals surface area contributed by atoms with E-state index in [9.17, 15) is 4.79 Å². The summed E-state index contributed by atoms with van der Waals surface area (Å²) in [5.74, 6) is 0.162. The zero-order valence-corrected chi connectivity index (χ0v) is 9.90. The van der Waals surface area contributed by atoms with E-state index < -0.39 is 0 Å². The summed E-state index contributed by atoms with van der Waals surface area (Å²) in [7, 11) is 0. The van der Waals surface area contributed by atoms with Crippen LogP contribution in [0, 0.1) is 6.92 Å². The van der Waals surface area contributed by atoms with Crippen LogP contribution in [0.1, 0.15) is 16.1 Å². The molecule has 0 atom stereocenters. The van der Waals surface area contributed by atoms with Crippen LogP contribution in [0.25, 0.3) is 0 Å². The highest BCUT2D eigenvalue weighted by Crippen LogP contribution is 2.10. The Hall–Kier alpha value is -1.94. The lowest BCUT2D eigenvalue weighted by molar-refractivity contribution is 0.102. The van der Waals surface area contributed by atoms with E-state index in [0.717, 1.165) is 5.69 Å². The molecular weight excluding hydrogens is 238 g/mol. The Bertz CT molecular complexity index is 540. The monoisotopic (exact) mass is 247 g/mol. The average molecular weight is 248 g/mol. The van der Waals surface area contributed by atoms with Crippen LogP contribution in [0.2, 0.25) is 5.15 Å². The number of halogens is 1. The van der Waals surface area contributed by atoms with Gasteiger partial charge < -0.3 is 5.32 Å². The Labute approximate surface area is 104 Å². The molecule has 2 rings (SSSR count). The van der Waals surface area contributed by atoms with Gasteiger partial charge in [-0.3, -0.25) is 9.78 Å². The molecule has 0 radical (unpaired) electrons. The lowest BCUT2D eigenvalue weighted by Crippen LogP contribution is -2.13. The molecule has 0 aliphatic carbocycles. The molecule has 0 bridgehead atoms. The van der Waals surface area contributed by atoms with E-state index in [2.05, 4.69) is 15.3 Å². The maximum atomic E-state index is 11.8. The number of carbonyl (C=O) groups excluding carboxylic acids is 1. The molecule has 0 aliphatic heterocycles. The normalized spacial score (nSPS) is 10.0. The third-order valence-corrected chi connectivity index (χ3v) is 2.34. The van der Waals surface area contributed by atoms with E-state index in [1.54, 1.807) is 30.3 Å². The summed E-state index contributed by atoms with van der Waals surface area (Å²) in [5.41, 5.74) is 1.35. The lowest BCUT2D eigenvalue weighted by Gasteiger charge is -2.04. The van der Waals surface area contributed by atoms with E-state index in [0.29, 0.717) is 16.5 Å². The maximum Gasteiger partial charge on any atom is 0.258 e. The zero-order chi connectivity index (χ0) is 12.3. The summed E-state index contributed by atoms with van der Waals surface area (Å²) >= 11 is 5.72. The molecule has 0 saturated heterocycles. The highest BCUT2D eigenvalue weighted by molar-refractivity contribution is 6.29. The van der Waals surface area contributed by atoms with Gasteiger partial charge in [0.25, 0.3) is 5.91 Å². The molecule has 0 aliphatic rings. The quantitative estimate of drug-likeness (QED) is 0.830. The lowest BCUT2D eigenvalue weighted by atomic mass is 10.2. The van der Waals surface area contributed by atoms with Crippen molar-refractivity contribution in [3.05, 3.63) is 52.9 Å². The summed E-state index contributed by atoms with van der Waals surface area (Å²) in [6.45, 7) is 1.86. The predicted molar refractivity (Wildman–Crippen MR) is 66.2 cm³/mol. The van der Waals surface area contributed by atoms with Gasteiger partial charge >= 0.3 is 0 Å². The van der Waals surface area contributed by atoms with Gasteiger partial charge in [-0.1, -0.05) is 17.7 Å². The van der Waals surface area contributed by atoms with E-state index in [-0.39, 0.29) is 5.91 Å². The maximum absolute atomic E-state index is 11.8. The summed E-state index contributed by atoms with van der Waals surface area (Å²) in [5, 5.41) is 2.98. The second-order valence-electron chi connectivity index (χ2n) is 3.49. The number of pyridine rings is 2. The first-order chi connectivity index (χ1) is 8.15. The van der Waals surface area contributed by atoms with Gasteiger partial charge in [0.15, 0.2) is 0 Å². The minimum absolute atomic E-state index is 0.257. The van der Waals surface area contributed by atoms with E-state index in [4.69, 9.17) is 11.6 Å². The number of anilines is 1. The van der Waals surface area contributed by atoms with Crippen LogP contribution in [0.3, 0.4) is 0 Å². The molecule has 5 heteroatoms. The molecule has 0 aromatic carbocycles. The fourth-order valence-corrected chi connectivity index (χ4v) is 1.43. The van der Waals surface area contributed by atoms with Crippen molar-refractivity contribution < 1.29 is 4.79 Å². The number of amides is 1. The third-order valence-electron chi connectivity index (χ3n) is 2.13. The van der Waals surface area contributed by atoms with Gasteiger partial charge in [-0.25, -0.2) is 4.98 Å². The van der Waals surface area contributed by atoms with Crippen LogP contribution < -0.4 is 5.32 Å². The number of hydrogen-bond donors (Lipinski definition) is 1. The molecule has 0 saturated carbocycles. The Kier molecular flexibility index (Phi) is 3.35. The molecule has 17 heavy (non-hydrogen) atoms. The molecule has 2 aromatic heterocycles. The number of nitrogens with zero attached hydrogens (tertiary/aromatic N) is 2. The molecule has 1 N–H and O–H groups in total. The van der Waals surface area contributed by atoms with Crippen molar-refractivity contribution in [2.75, 3.05) is 5.32 Å². The van der Waals surface area contributed by atoms with E-state index in [1.807, 2.05) is 6.92 Å². The standard InChI is InChI=1S/C12H10ClN3O/c1-8-5-6-9(7-14-8)12(17)16-11-4-2-3-10(13)15-11/h2-7H,1H3,(H,15,16,17). The Morgan fingerprint density at radius 3 is 2.76 bits per heavy atom. The van der Waals surface area contributed by atoms with E-state index in [1.165, 1.54) is 6.20 Å². The van der Waals surface area contributed by atoms with Gasteiger partial charge in [0.05, 0.1) is 5.56 Å². The topological polar surface area (TPSA) is 54.9 Å². The second kappa shape index (κ2) is 4.93. The van der Waals surface area contributed by atoms with Crippen molar-refractivity contribution in [2.24, 2.45) is 0 Å². The van der Waals surface area contributed by atoms with Crippen molar-refractivity contribution in [1.29, 1.82) is 0 Å². The smallest absolute Gasteiger partial charge is 0.258 e. The Morgan fingerprint density at radius 2 is 2.12 bits per heavy atom. The van der Waals surface area contributed by atoms with Gasteiger partial charge in [-0.05, 0) is 31.2 Å². The fourth-order valence-electron chi connectivity index (χ4n) is 1.27. The van der Waals surface area contributed by atoms with Crippen LogP contribution in [0.5, 0.6) is 0 Å². The number of aryl methyl sites for hydroxylation is 1. The van der Waals surface area contributed by atoms with Crippen molar-refractivity contribution in [1.82, 2.24) is 9.97 Å². The number of aromatic nitrogens is 2. The van der Waals surface area contributed by atoms with Crippen LogP contribution in [-0.2, 0) is 0 Å². The fraction of sp³-hybridized carbons (Fsp3) is 0.0833. The second-order valence-corrected chi connectivity index (χ2v) is 3.88. The molecular formula is C12H10ClN3O. The first kappa shape index (κ1) is 11.5. The summed E-state index contributed by atoms with van der Waals surface area (Å²) in [6.07, 6.45) is 1.52. The molecule has 86 valence electrons. The molecule has 1 amide bonds. The number of carbonyl (C=O) groups is 1. The Morgan fingerprint density at radius 1 is 1.29 bits per heavy atom. The summed E-state index contributed by atoms with van der Waals surface area (Å²) in [4.78, 5) is 19.8. The minimum atomic E-state index is -0.257. The van der Waals surface area contributed by atoms with Crippen LogP contribution in [-0.4, -0.2) is 15.9 Å². The minimum Gasteiger partial charge on any atom is -0.306 e. The van der Waals surface area contributed by atoms with Gasteiger partial charge in [-0.15, -0.1) is 0 Å². The molecule has 4 nitrogen and oxygen atoms in total. The van der Waals surface area contributed by atoms with Crippen molar-refractivity contribution in [2.45, 2.75) is 6.92 Å².